The van der Waals surface area contributed by atoms with Crippen LogP contribution in [0.25, 0.3) is 0 Å². The van der Waals surface area contributed by atoms with E-state index in [4.69, 9.17) is 0 Å². The van der Waals surface area contributed by atoms with Crippen LogP contribution in [0.5, 0.6) is 0 Å². The summed E-state index contributed by atoms with van der Waals surface area (Å²) in [5.74, 6) is 0. The average molecular weight is 230 g/mol. The van der Waals surface area contributed by atoms with Crippen LogP contribution in [0.15, 0.2) is 47.3 Å². The number of rotatable bonds is 4. The van der Waals surface area contributed by atoms with Crippen LogP contribution in [0.1, 0.15) is 18.9 Å². The molecule has 86 valence electrons. The summed E-state index contributed by atoms with van der Waals surface area (Å²) in [7, 11) is -1.12. The Hall–Kier alpha value is -1.04. The minimum absolute atomic E-state index is 1.09. The highest BCUT2D eigenvalue weighted by Crippen LogP contribution is 2.12. The van der Waals surface area contributed by atoms with Crippen molar-refractivity contribution in [2.45, 2.75) is 39.4 Å². The number of hydrogen-bond acceptors (Lipinski definition) is 0. The van der Waals surface area contributed by atoms with Crippen LogP contribution in [0.4, 0.5) is 0 Å². The van der Waals surface area contributed by atoms with E-state index in [2.05, 4.69) is 68.7 Å². The molecule has 1 rings (SSSR count). The molecular weight excluding hydrogens is 208 g/mol. The molecule has 0 aromatic heterocycles. The van der Waals surface area contributed by atoms with Crippen LogP contribution in [0.2, 0.25) is 19.6 Å². The zero-order valence-corrected chi connectivity index (χ0v) is 11.9. The van der Waals surface area contributed by atoms with Gasteiger partial charge in [0.25, 0.3) is 0 Å². The molecule has 0 radical (unpaired) electrons. The molecule has 0 atom stereocenters. The third kappa shape index (κ3) is 4.65. The van der Waals surface area contributed by atoms with Gasteiger partial charge in [-0.05, 0) is 36.6 Å². The van der Waals surface area contributed by atoms with Gasteiger partial charge in [0.05, 0.1) is 8.07 Å². The summed E-state index contributed by atoms with van der Waals surface area (Å²) in [6, 6.07) is 10.6. The second kappa shape index (κ2) is 5.88. The number of allylic oxidation sites excluding steroid dienone is 1. The second-order valence-electron chi connectivity index (χ2n) is 5.25. The van der Waals surface area contributed by atoms with Gasteiger partial charge >= 0.3 is 0 Å². The lowest BCUT2D eigenvalue weighted by Crippen LogP contribution is -2.21. The molecule has 0 aliphatic heterocycles. The molecule has 0 nitrogen and oxygen atoms in total. The van der Waals surface area contributed by atoms with Crippen molar-refractivity contribution < 1.29 is 0 Å². The van der Waals surface area contributed by atoms with Crippen LogP contribution in [0, 0.1) is 0 Å². The van der Waals surface area contributed by atoms with Crippen molar-refractivity contribution in [2.24, 2.45) is 0 Å². The van der Waals surface area contributed by atoms with Crippen LogP contribution in [0.3, 0.4) is 0 Å². The van der Waals surface area contributed by atoms with Gasteiger partial charge < -0.3 is 0 Å². The normalized spacial score (nSPS) is 10.8. The van der Waals surface area contributed by atoms with E-state index in [-0.39, 0.29) is 0 Å². The summed E-state index contributed by atoms with van der Waals surface area (Å²) in [5, 5.41) is 1.46. The first-order valence-electron chi connectivity index (χ1n) is 5.96. The fourth-order valence-corrected chi connectivity index (χ4v) is 1.86. The van der Waals surface area contributed by atoms with Gasteiger partial charge in [0.2, 0.25) is 0 Å². The smallest absolute Gasteiger partial charge is 0.0819 e. The molecule has 0 heterocycles. The van der Waals surface area contributed by atoms with E-state index in [0.29, 0.717) is 0 Å². The highest BCUT2D eigenvalue weighted by atomic mass is 28.3. The average Bonchev–Trinajstić information content (AvgIpc) is 2.24. The summed E-state index contributed by atoms with van der Waals surface area (Å²) >= 11 is 0. The van der Waals surface area contributed by atoms with Crippen molar-refractivity contribution in [1.82, 2.24) is 0 Å². The van der Waals surface area contributed by atoms with E-state index in [0.717, 1.165) is 12.8 Å². The van der Waals surface area contributed by atoms with Gasteiger partial charge in [-0.3, -0.25) is 0 Å². The van der Waals surface area contributed by atoms with Crippen LogP contribution < -0.4 is 0 Å². The van der Waals surface area contributed by atoms with E-state index in [1.807, 2.05) is 0 Å². The van der Waals surface area contributed by atoms with Gasteiger partial charge in [0.15, 0.2) is 0 Å². The minimum atomic E-state index is -1.12. The predicted molar refractivity (Wildman–Crippen MR) is 75.4 cm³/mol. The van der Waals surface area contributed by atoms with Gasteiger partial charge in [-0.1, -0.05) is 50.0 Å². The highest BCUT2D eigenvalue weighted by molar-refractivity contribution is 6.82. The lowest BCUT2D eigenvalue weighted by Gasteiger charge is -2.13. The molecule has 0 saturated carbocycles. The molecule has 1 heteroatoms. The Morgan fingerprint density at radius 2 is 1.81 bits per heavy atom. The minimum Gasteiger partial charge on any atom is -0.131 e. The van der Waals surface area contributed by atoms with Crippen LogP contribution in [-0.4, -0.2) is 8.07 Å². The molecule has 16 heavy (non-hydrogen) atoms. The molecule has 0 unspecified atom stereocenters. The lowest BCUT2D eigenvalue weighted by molar-refractivity contribution is 1.00. The van der Waals surface area contributed by atoms with Crippen molar-refractivity contribution in [3.63, 3.8) is 0 Å². The first-order valence-corrected chi connectivity index (χ1v) is 9.46. The fourth-order valence-electron chi connectivity index (χ4n) is 1.33. The maximum atomic E-state index is 3.45. The topological polar surface area (TPSA) is 0 Å². The van der Waals surface area contributed by atoms with Crippen molar-refractivity contribution in [3.05, 3.63) is 52.9 Å². The van der Waals surface area contributed by atoms with Gasteiger partial charge in [-0.2, -0.15) is 0 Å². The van der Waals surface area contributed by atoms with Crippen molar-refractivity contribution in [2.75, 3.05) is 0 Å². The molecule has 0 N–H and O–H groups in total. The third-order valence-electron chi connectivity index (χ3n) is 2.86. The summed E-state index contributed by atoms with van der Waals surface area (Å²) < 4.78 is 0. The molecule has 0 saturated heterocycles. The summed E-state index contributed by atoms with van der Waals surface area (Å²) in [6.07, 6.45) is 4.40. The van der Waals surface area contributed by atoms with E-state index in [1.165, 1.54) is 10.8 Å². The Morgan fingerprint density at radius 1 is 1.19 bits per heavy atom. The van der Waals surface area contributed by atoms with Gasteiger partial charge in [0, 0.05) is 0 Å². The standard InChI is InChI=1S/C15H22Si/c1-14(16(2,3)4)10-8-9-13-15-11-6-5-7-12-15/h5-8,11-12H,9,13H2,1-4H3. The van der Waals surface area contributed by atoms with E-state index < -0.39 is 8.07 Å². The van der Waals surface area contributed by atoms with Gasteiger partial charge in [-0.15, -0.1) is 5.73 Å². The summed E-state index contributed by atoms with van der Waals surface area (Å²) in [4.78, 5) is 0. The zero-order valence-electron chi connectivity index (χ0n) is 10.9. The van der Waals surface area contributed by atoms with E-state index >= 15 is 0 Å². The van der Waals surface area contributed by atoms with Gasteiger partial charge in [-0.25, -0.2) is 0 Å². The Kier molecular flexibility index (Phi) is 4.79. The quantitative estimate of drug-likeness (QED) is 0.524. The molecule has 0 aliphatic rings. The molecule has 0 aliphatic carbocycles. The van der Waals surface area contributed by atoms with Crippen LogP contribution >= 0.6 is 0 Å². The first kappa shape index (κ1) is 13.0. The number of aryl methyl sites for hydroxylation is 1. The molecular formula is C15H22Si. The van der Waals surface area contributed by atoms with Crippen molar-refractivity contribution in [1.29, 1.82) is 0 Å². The fraction of sp³-hybridized carbons (Fsp3) is 0.400. The Bertz CT molecular complexity index is 376. The van der Waals surface area contributed by atoms with E-state index in [9.17, 15) is 0 Å². The first-order chi connectivity index (χ1) is 7.50. The SMILES string of the molecule is CC(=C=CCCc1ccccc1)[Si](C)(C)C. The van der Waals surface area contributed by atoms with Gasteiger partial charge in [0.1, 0.15) is 0 Å². The zero-order chi connectivity index (χ0) is 12.0. The molecule has 0 spiro atoms. The number of benzene rings is 1. The summed E-state index contributed by atoms with van der Waals surface area (Å²) in [5.41, 5.74) is 4.85. The maximum absolute atomic E-state index is 3.45. The monoisotopic (exact) mass is 230 g/mol. The highest BCUT2D eigenvalue weighted by Gasteiger charge is 2.14. The Morgan fingerprint density at radius 3 is 2.38 bits per heavy atom. The Balaban J connectivity index is 2.50. The van der Waals surface area contributed by atoms with Crippen molar-refractivity contribution in [3.8, 4) is 0 Å². The second-order valence-corrected chi connectivity index (χ2v) is 10.5. The Labute approximate surface area is 101 Å². The largest absolute Gasteiger partial charge is 0.131 e. The molecule has 0 bridgehead atoms. The maximum Gasteiger partial charge on any atom is 0.0819 e. The van der Waals surface area contributed by atoms with Crippen LogP contribution in [-0.2, 0) is 6.42 Å². The number of hydrogen-bond donors (Lipinski definition) is 0. The third-order valence-corrected chi connectivity index (χ3v) is 5.26. The lowest BCUT2D eigenvalue weighted by atomic mass is 10.1. The van der Waals surface area contributed by atoms with Crippen molar-refractivity contribution >= 4 is 8.07 Å². The summed E-state index contributed by atoms with van der Waals surface area (Å²) in [6.45, 7) is 9.30. The van der Waals surface area contributed by atoms with E-state index in [1.54, 1.807) is 0 Å². The predicted octanol–water partition coefficient (Wildman–Crippen LogP) is 4.60. The molecule has 1 aromatic rings. The molecule has 0 amide bonds. The molecule has 1 aromatic carbocycles. The molecule has 0 fully saturated rings.